The molecule has 0 aliphatic carbocycles. The average Bonchev–Trinajstić information content (AvgIpc) is 2.62. The van der Waals surface area contributed by atoms with Crippen molar-refractivity contribution >= 4 is 16.7 Å². The number of nitrogens with zero attached hydrogens (tertiary/aromatic N) is 2. The number of rotatable bonds is 3. The van der Waals surface area contributed by atoms with E-state index in [1.165, 1.54) is 16.5 Å². The second-order valence-corrected chi connectivity index (χ2v) is 6.74. The number of hydrogen-bond donors (Lipinski definition) is 1. The van der Waals surface area contributed by atoms with Gasteiger partial charge in [0.25, 0.3) is 0 Å². The van der Waals surface area contributed by atoms with Crippen LogP contribution >= 0.6 is 0 Å². The lowest BCUT2D eigenvalue weighted by atomic mass is 9.90. The zero-order valence-electron chi connectivity index (χ0n) is 14.3. The largest absolute Gasteiger partial charge is 0.386 e. The first kappa shape index (κ1) is 15.8. The molecule has 1 atom stereocenters. The zero-order chi connectivity index (χ0) is 17.3. The minimum absolute atomic E-state index is 0.414. The summed E-state index contributed by atoms with van der Waals surface area (Å²) in [5.41, 5.74) is 10.1. The van der Waals surface area contributed by atoms with Crippen molar-refractivity contribution in [2.24, 2.45) is 10.7 Å². The summed E-state index contributed by atoms with van der Waals surface area (Å²) >= 11 is 0. The molecular weight excluding hydrogens is 310 g/mol. The van der Waals surface area contributed by atoms with E-state index in [9.17, 15) is 0 Å². The first-order valence-corrected chi connectivity index (χ1v) is 8.48. The number of pyridine rings is 1. The summed E-state index contributed by atoms with van der Waals surface area (Å²) in [5.74, 6) is 0.553. The number of para-hydroxylation sites is 1. The van der Waals surface area contributed by atoms with Crippen LogP contribution < -0.4 is 5.73 Å². The van der Waals surface area contributed by atoms with Crippen LogP contribution in [0.25, 0.3) is 10.9 Å². The van der Waals surface area contributed by atoms with Crippen molar-refractivity contribution in [1.29, 1.82) is 0 Å². The summed E-state index contributed by atoms with van der Waals surface area (Å²) in [6.45, 7) is 3.03. The Kier molecular flexibility index (Phi) is 3.98. The van der Waals surface area contributed by atoms with Crippen molar-refractivity contribution in [3.8, 4) is 0 Å². The third-order valence-electron chi connectivity index (χ3n) is 4.68. The molecule has 0 fully saturated rings. The van der Waals surface area contributed by atoms with Crippen molar-refractivity contribution in [2.45, 2.75) is 18.9 Å². The molecule has 0 bridgehead atoms. The molecule has 1 unspecified atom stereocenters. The highest BCUT2D eigenvalue weighted by Gasteiger charge is 2.29. The first-order chi connectivity index (χ1) is 12.1. The normalized spacial score (nSPS) is 20.4. The summed E-state index contributed by atoms with van der Waals surface area (Å²) in [6, 6.07) is 18.9. The smallest absolute Gasteiger partial charge is 0.121 e. The lowest BCUT2D eigenvalue weighted by Crippen LogP contribution is -2.37. The minimum atomic E-state index is -0.421. The molecule has 1 aromatic heterocycles. The van der Waals surface area contributed by atoms with E-state index < -0.39 is 5.54 Å². The fraction of sp³-hybridized carbons (Fsp3) is 0.238. The number of benzene rings is 2. The lowest BCUT2D eigenvalue weighted by Gasteiger charge is -2.30. The molecule has 4 nitrogen and oxygen atoms in total. The first-order valence-electron chi connectivity index (χ1n) is 8.48. The van der Waals surface area contributed by atoms with Gasteiger partial charge >= 0.3 is 0 Å². The van der Waals surface area contributed by atoms with Crippen LogP contribution in [0.1, 0.15) is 23.6 Å². The Labute approximate surface area is 147 Å². The average molecular weight is 331 g/mol. The van der Waals surface area contributed by atoms with E-state index in [2.05, 4.69) is 65.4 Å². The molecule has 0 amide bonds. The molecule has 0 saturated carbocycles. The molecule has 0 saturated heterocycles. The molecule has 1 aliphatic heterocycles. The van der Waals surface area contributed by atoms with E-state index in [0.29, 0.717) is 19.0 Å². The second kappa shape index (κ2) is 6.30. The summed E-state index contributed by atoms with van der Waals surface area (Å²) < 4.78 is 5.60. The van der Waals surface area contributed by atoms with Gasteiger partial charge in [0.05, 0.1) is 12.1 Å². The molecular formula is C21H21N3O. The number of ether oxygens (including phenoxy) is 1. The van der Waals surface area contributed by atoms with Gasteiger partial charge in [-0.3, -0.25) is 9.98 Å². The molecule has 2 aromatic carbocycles. The maximum absolute atomic E-state index is 5.89. The van der Waals surface area contributed by atoms with E-state index in [-0.39, 0.29) is 0 Å². The molecule has 2 N–H and O–H groups in total. The number of nitrogens with two attached hydrogens (primary N) is 1. The SMILES string of the molecule is CC1(c2cccc(Cc3cccc4cccnc34)c2)COCC(N)=N1. The zero-order valence-corrected chi connectivity index (χ0v) is 14.3. The van der Waals surface area contributed by atoms with E-state index >= 15 is 0 Å². The molecule has 4 heteroatoms. The predicted molar refractivity (Wildman–Crippen MR) is 101 cm³/mol. The van der Waals surface area contributed by atoms with Gasteiger partial charge in [-0.15, -0.1) is 0 Å². The van der Waals surface area contributed by atoms with E-state index in [4.69, 9.17) is 10.5 Å². The van der Waals surface area contributed by atoms with E-state index in [0.717, 1.165) is 17.5 Å². The third-order valence-corrected chi connectivity index (χ3v) is 4.68. The fourth-order valence-corrected chi connectivity index (χ4v) is 3.43. The Balaban J connectivity index is 1.69. The number of amidine groups is 1. The number of hydrogen-bond acceptors (Lipinski definition) is 4. The molecule has 126 valence electrons. The van der Waals surface area contributed by atoms with Crippen LogP contribution in [0, 0.1) is 0 Å². The number of aliphatic imine (C=N–C) groups is 1. The van der Waals surface area contributed by atoms with Crippen LogP contribution in [-0.4, -0.2) is 24.0 Å². The maximum atomic E-state index is 5.89. The minimum Gasteiger partial charge on any atom is -0.386 e. The van der Waals surface area contributed by atoms with Crippen molar-refractivity contribution in [3.05, 3.63) is 77.5 Å². The lowest BCUT2D eigenvalue weighted by molar-refractivity contribution is 0.106. The molecule has 0 radical (unpaired) electrons. The number of aromatic nitrogens is 1. The summed E-state index contributed by atoms with van der Waals surface area (Å²) in [6.07, 6.45) is 2.68. The molecule has 4 rings (SSSR count). The van der Waals surface area contributed by atoms with Crippen LogP contribution in [0.3, 0.4) is 0 Å². The standard InChI is InChI=1S/C21H21N3O/c1-21(14-25-13-19(22)24-21)18-9-2-5-15(12-18)11-17-7-3-6-16-8-4-10-23-20(16)17/h2-10,12H,11,13-14H2,1H3,(H2,22,24). The van der Waals surface area contributed by atoms with Crippen molar-refractivity contribution in [3.63, 3.8) is 0 Å². The highest BCUT2D eigenvalue weighted by Crippen LogP contribution is 2.29. The molecule has 3 aromatic rings. The van der Waals surface area contributed by atoms with Gasteiger partial charge < -0.3 is 10.5 Å². The highest BCUT2D eigenvalue weighted by molar-refractivity contribution is 5.83. The van der Waals surface area contributed by atoms with Gasteiger partial charge in [-0.1, -0.05) is 48.5 Å². The summed E-state index contributed by atoms with van der Waals surface area (Å²) in [7, 11) is 0. The van der Waals surface area contributed by atoms with Gasteiger partial charge in [0.15, 0.2) is 0 Å². The van der Waals surface area contributed by atoms with Gasteiger partial charge in [-0.25, -0.2) is 0 Å². The monoisotopic (exact) mass is 331 g/mol. The van der Waals surface area contributed by atoms with Gasteiger partial charge in [-0.2, -0.15) is 0 Å². The molecule has 1 aliphatic rings. The van der Waals surface area contributed by atoms with Crippen LogP contribution in [0.5, 0.6) is 0 Å². The Morgan fingerprint density at radius 3 is 2.84 bits per heavy atom. The Morgan fingerprint density at radius 2 is 1.96 bits per heavy atom. The Bertz CT molecular complexity index is 945. The van der Waals surface area contributed by atoms with Crippen molar-refractivity contribution < 1.29 is 4.74 Å². The van der Waals surface area contributed by atoms with Gasteiger partial charge in [0.2, 0.25) is 0 Å². The van der Waals surface area contributed by atoms with Gasteiger partial charge in [-0.05, 0) is 36.1 Å². The summed E-state index contributed by atoms with van der Waals surface area (Å²) in [5, 5.41) is 1.17. The van der Waals surface area contributed by atoms with E-state index in [1.807, 2.05) is 12.3 Å². The molecule has 0 spiro atoms. The van der Waals surface area contributed by atoms with Crippen molar-refractivity contribution in [1.82, 2.24) is 4.98 Å². The number of fused-ring (bicyclic) bond motifs is 1. The molecule has 25 heavy (non-hydrogen) atoms. The predicted octanol–water partition coefficient (Wildman–Crippen LogP) is 3.43. The Morgan fingerprint density at radius 1 is 1.12 bits per heavy atom. The van der Waals surface area contributed by atoms with Gasteiger partial charge in [0.1, 0.15) is 18.0 Å². The van der Waals surface area contributed by atoms with E-state index in [1.54, 1.807) is 0 Å². The third kappa shape index (κ3) is 3.13. The van der Waals surface area contributed by atoms with Crippen LogP contribution in [0.2, 0.25) is 0 Å². The van der Waals surface area contributed by atoms with Crippen LogP contribution in [0.15, 0.2) is 65.8 Å². The topological polar surface area (TPSA) is 60.5 Å². The highest BCUT2D eigenvalue weighted by atomic mass is 16.5. The quantitative estimate of drug-likeness (QED) is 0.800. The van der Waals surface area contributed by atoms with Crippen LogP contribution in [-0.2, 0) is 16.7 Å². The van der Waals surface area contributed by atoms with Crippen molar-refractivity contribution in [2.75, 3.05) is 13.2 Å². The second-order valence-electron chi connectivity index (χ2n) is 6.74. The Hall–Kier alpha value is -2.72. The maximum Gasteiger partial charge on any atom is 0.121 e. The molecule has 2 heterocycles. The van der Waals surface area contributed by atoms with Gasteiger partial charge in [0, 0.05) is 11.6 Å². The van der Waals surface area contributed by atoms with Crippen LogP contribution in [0.4, 0.5) is 0 Å². The summed E-state index contributed by atoms with van der Waals surface area (Å²) in [4.78, 5) is 9.19. The fourth-order valence-electron chi connectivity index (χ4n) is 3.43.